The van der Waals surface area contributed by atoms with Crippen molar-refractivity contribution < 1.29 is 13.3 Å². The Kier molecular flexibility index (Phi) is 6.37. The first-order valence-corrected chi connectivity index (χ1v) is 10.5. The minimum atomic E-state index is -4.00. The van der Waals surface area contributed by atoms with Gasteiger partial charge in [-0.2, -0.15) is 0 Å². The second kappa shape index (κ2) is 8.79. The number of sulfonamides is 1. The van der Waals surface area contributed by atoms with Gasteiger partial charge in [0.15, 0.2) is 0 Å². The molecule has 0 fully saturated rings. The van der Waals surface area contributed by atoms with E-state index in [2.05, 4.69) is 25.5 Å². The summed E-state index contributed by atoms with van der Waals surface area (Å²) >= 11 is 11.9. The summed E-state index contributed by atoms with van der Waals surface area (Å²) in [7, 11) is -4.00. The van der Waals surface area contributed by atoms with E-state index in [-0.39, 0.29) is 21.6 Å². The molecule has 0 atom stereocenters. The van der Waals surface area contributed by atoms with Gasteiger partial charge in [0.2, 0.25) is 11.6 Å². The molecule has 3 aromatic rings. The lowest BCUT2D eigenvalue weighted by Crippen LogP contribution is -2.30. The first-order valence-electron chi connectivity index (χ1n) is 8.23. The standard InChI is InChI=1S/C17H14Cl2N6O4S/c1-10-2-5-12(6-3-10)30(28,29)24-23-17-15(25(26)27)16(20-9-21-17)22-14-7-4-11(18)8-13(14)19/h2-9,24H,1H3,(H2,20,21,22,23). The lowest BCUT2D eigenvalue weighted by atomic mass is 10.2. The number of nitro groups is 1. The van der Waals surface area contributed by atoms with E-state index in [1.54, 1.807) is 12.1 Å². The summed E-state index contributed by atoms with van der Waals surface area (Å²) in [6.07, 6.45) is 1.03. The van der Waals surface area contributed by atoms with Gasteiger partial charge in [-0.05, 0) is 37.3 Å². The number of benzene rings is 2. The molecule has 3 rings (SSSR count). The molecule has 3 N–H and O–H groups in total. The molecule has 0 bridgehead atoms. The van der Waals surface area contributed by atoms with E-state index in [1.165, 1.54) is 30.3 Å². The SMILES string of the molecule is Cc1ccc(S(=O)(=O)NNc2ncnc(Nc3ccc(Cl)cc3Cl)c2[N+](=O)[O-])cc1. The van der Waals surface area contributed by atoms with Crippen LogP contribution in [0.2, 0.25) is 10.0 Å². The Balaban J connectivity index is 1.89. The van der Waals surface area contributed by atoms with E-state index in [0.717, 1.165) is 11.9 Å². The molecule has 0 aliphatic carbocycles. The largest absolute Gasteiger partial charge is 0.354 e. The number of hydrogen-bond donors (Lipinski definition) is 3. The predicted octanol–water partition coefficient (Wildman–Crippen LogP) is 4.05. The summed E-state index contributed by atoms with van der Waals surface area (Å²) in [4.78, 5) is 20.5. The highest BCUT2D eigenvalue weighted by Gasteiger charge is 2.25. The van der Waals surface area contributed by atoms with Crippen molar-refractivity contribution in [1.29, 1.82) is 0 Å². The van der Waals surface area contributed by atoms with Crippen LogP contribution in [0.1, 0.15) is 5.56 Å². The van der Waals surface area contributed by atoms with Crippen molar-refractivity contribution in [2.24, 2.45) is 0 Å². The molecule has 0 unspecified atom stereocenters. The molecule has 0 aliphatic rings. The van der Waals surface area contributed by atoms with Crippen LogP contribution >= 0.6 is 23.2 Å². The lowest BCUT2D eigenvalue weighted by molar-refractivity contribution is -0.383. The Bertz CT molecular complexity index is 1210. The predicted molar refractivity (Wildman–Crippen MR) is 114 cm³/mol. The Morgan fingerprint density at radius 3 is 2.33 bits per heavy atom. The van der Waals surface area contributed by atoms with Crippen molar-refractivity contribution in [1.82, 2.24) is 14.8 Å². The number of rotatable bonds is 7. The van der Waals surface area contributed by atoms with Crippen LogP contribution in [0, 0.1) is 17.0 Å². The Labute approximate surface area is 181 Å². The number of halogens is 2. The molecular weight excluding hydrogens is 455 g/mol. The molecule has 0 spiro atoms. The first-order chi connectivity index (χ1) is 14.2. The van der Waals surface area contributed by atoms with Crippen LogP contribution in [-0.4, -0.2) is 23.3 Å². The fourth-order valence-electron chi connectivity index (χ4n) is 2.34. The molecule has 0 radical (unpaired) electrons. The Hall–Kier alpha value is -2.99. The maximum atomic E-state index is 12.4. The third-order valence-corrected chi connectivity index (χ3v) is 5.64. The summed E-state index contributed by atoms with van der Waals surface area (Å²) in [6, 6.07) is 10.6. The van der Waals surface area contributed by atoms with Crippen molar-refractivity contribution in [3.05, 3.63) is 74.5 Å². The molecule has 0 saturated heterocycles. The summed E-state index contributed by atoms with van der Waals surface area (Å²) in [5.74, 6) is -0.561. The van der Waals surface area contributed by atoms with E-state index in [9.17, 15) is 18.5 Å². The third kappa shape index (κ3) is 4.94. The molecule has 1 heterocycles. The van der Waals surface area contributed by atoms with Gasteiger partial charge in [-0.15, -0.1) is 4.83 Å². The van der Waals surface area contributed by atoms with Gasteiger partial charge in [0, 0.05) is 5.02 Å². The number of anilines is 3. The number of hydrogen-bond acceptors (Lipinski definition) is 8. The normalized spacial score (nSPS) is 11.2. The van der Waals surface area contributed by atoms with E-state index in [1.807, 2.05) is 6.92 Å². The molecule has 1 aromatic heterocycles. The van der Waals surface area contributed by atoms with Gasteiger partial charge in [0.25, 0.3) is 10.0 Å². The molecule has 156 valence electrons. The maximum absolute atomic E-state index is 12.4. The van der Waals surface area contributed by atoms with E-state index in [0.29, 0.717) is 10.7 Å². The highest BCUT2D eigenvalue weighted by molar-refractivity contribution is 7.89. The van der Waals surface area contributed by atoms with Crippen LogP contribution in [0.4, 0.5) is 23.0 Å². The molecule has 13 heteroatoms. The number of hydrazine groups is 1. The van der Waals surface area contributed by atoms with Crippen LogP contribution in [0.25, 0.3) is 0 Å². The van der Waals surface area contributed by atoms with Crippen LogP contribution in [0.5, 0.6) is 0 Å². The second-order valence-corrected chi connectivity index (χ2v) is 8.50. The average molecular weight is 469 g/mol. The molecule has 0 amide bonds. The quantitative estimate of drug-likeness (QED) is 0.348. The van der Waals surface area contributed by atoms with Gasteiger partial charge in [-0.3, -0.25) is 15.5 Å². The summed E-state index contributed by atoms with van der Waals surface area (Å²) in [5.41, 5.74) is 2.88. The van der Waals surface area contributed by atoms with Crippen LogP contribution in [0.15, 0.2) is 53.7 Å². The average Bonchev–Trinajstić information content (AvgIpc) is 2.69. The van der Waals surface area contributed by atoms with Crippen molar-refractivity contribution >= 4 is 56.2 Å². The molecule has 30 heavy (non-hydrogen) atoms. The van der Waals surface area contributed by atoms with Crippen LogP contribution in [0.3, 0.4) is 0 Å². The monoisotopic (exact) mass is 468 g/mol. The number of aryl methyl sites for hydroxylation is 1. The zero-order valence-corrected chi connectivity index (χ0v) is 17.6. The van der Waals surface area contributed by atoms with E-state index >= 15 is 0 Å². The zero-order chi connectivity index (χ0) is 21.9. The maximum Gasteiger partial charge on any atom is 0.354 e. The number of aromatic nitrogens is 2. The third-order valence-electron chi connectivity index (χ3n) is 3.82. The summed E-state index contributed by atoms with van der Waals surface area (Å²) < 4.78 is 24.8. The second-order valence-electron chi connectivity index (χ2n) is 5.97. The topological polar surface area (TPSA) is 139 Å². The van der Waals surface area contributed by atoms with Gasteiger partial charge in [-0.25, -0.2) is 18.4 Å². The van der Waals surface area contributed by atoms with E-state index < -0.39 is 20.6 Å². The molecule has 0 saturated carbocycles. The van der Waals surface area contributed by atoms with Gasteiger partial charge in [-0.1, -0.05) is 40.9 Å². The van der Waals surface area contributed by atoms with Crippen LogP contribution < -0.4 is 15.6 Å². The minimum Gasteiger partial charge on any atom is -0.333 e. The summed E-state index contributed by atoms with van der Waals surface area (Å²) in [5, 5.41) is 14.9. The molecule has 10 nitrogen and oxygen atoms in total. The molecular formula is C17H14Cl2N6O4S. The van der Waals surface area contributed by atoms with Gasteiger partial charge < -0.3 is 5.32 Å². The summed E-state index contributed by atoms with van der Waals surface area (Å²) in [6.45, 7) is 1.81. The molecule has 0 aliphatic heterocycles. The fraction of sp³-hybridized carbons (Fsp3) is 0.0588. The molecule has 2 aromatic carbocycles. The smallest absolute Gasteiger partial charge is 0.333 e. The first kappa shape index (κ1) is 21.7. The van der Waals surface area contributed by atoms with Crippen molar-refractivity contribution in [2.75, 3.05) is 10.7 Å². The number of nitrogens with zero attached hydrogens (tertiary/aromatic N) is 3. The Morgan fingerprint density at radius 1 is 1.03 bits per heavy atom. The van der Waals surface area contributed by atoms with Gasteiger partial charge in [0.05, 0.1) is 20.5 Å². The fourth-order valence-corrected chi connectivity index (χ4v) is 3.64. The zero-order valence-electron chi connectivity index (χ0n) is 15.3. The lowest BCUT2D eigenvalue weighted by Gasteiger charge is -2.12. The number of nitrogens with one attached hydrogen (secondary N) is 3. The van der Waals surface area contributed by atoms with Crippen molar-refractivity contribution in [3.8, 4) is 0 Å². The van der Waals surface area contributed by atoms with Crippen molar-refractivity contribution in [3.63, 3.8) is 0 Å². The minimum absolute atomic E-state index is 0.0244. The van der Waals surface area contributed by atoms with Crippen molar-refractivity contribution in [2.45, 2.75) is 11.8 Å². The highest BCUT2D eigenvalue weighted by Crippen LogP contribution is 2.34. The highest BCUT2D eigenvalue weighted by atomic mass is 35.5. The van der Waals surface area contributed by atoms with Gasteiger partial charge >= 0.3 is 5.69 Å². The van der Waals surface area contributed by atoms with Crippen LogP contribution in [-0.2, 0) is 10.0 Å². The van der Waals surface area contributed by atoms with Gasteiger partial charge in [0.1, 0.15) is 6.33 Å². The Morgan fingerprint density at radius 2 is 1.70 bits per heavy atom. The van der Waals surface area contributed by atoms with E-state index in [4.69, 9.17) is 23.2 Å².